The molecule has 2 aromatic carbocycles. The van der Waals surface area contributed by atoms with Gasteiger partial charge >= 0.3 is 0 Å². The first-order valence-electron chi connectivity index (χ1n) is 6.69. The third kappa shape index (κ3) is 2.38. The smallest absolute Gasteiger partial charge is 0.100 e. The molecule has 0 unspecified atom stereocenters. The summed E-state index contributed by atoms with van der Waals surface area (Å²) in [4.78, 5) is 4.50. The Balaban J connectivity index is 2.22. The van der Waals surface area contributed by atoms with E-state index in [-0.39, 0.29) is 5.41 Å². The van der Waals surface area contributed by atoms with Crippen LogP contribution in [0.4, 0.5) is 0 Å². The molecule has 3 rings (SSSR count). The number of nitrogens with zero attached hydrogens (tertiary/aromatic N) is 2. The summed E-state index contributed by atoms with van der Waals surface area (Å²) < 4.78 is 3.21. The zero-order valence-electron chi connectivity index (χ0n) is 11.9. The second kappa shape index (κ2) is 4.74. The number of rotatable bonds is 1. The molecule has 0 amide bonds. The minimum Gasteiger partial charge on any atom is -0.299 e. The van der Waals surface area contributed by atoms with Crippen molar-refractivity contribution in [3.8, 4) is 5.69 Å². The first-order chi connectivity index (χ1) is 9.45. The van der Waals surface area contributed by atoms with Gasteiger partial charge in [0.1, 0.15) is 6.33 Å². The van der Waals surface area contributed by atoms with Crippen LogP contribution in [0.25, 0.3) is 16.7 Å². The summed E-state index contributed by atoms with van der Waals surface area (Å²) in [5, 5.41) is 0. The highest BCUT2D eigenvalue weighted by Gasteiger charge is 2.15. The average Bonchev–Trinajstić information content (AvgIpc) is 2.80. The van der Waals surface area contributed by atoms with Gasteiger partial charge in [0, 0.05) is 10.2 Å². The molecule has 0 radical (unpaired) electrons. The monoisotopic (exact) mass is 328 g/mol. The topological polar surface area (TPSA) is 17.8 Å². The minimum absolute atomic E-state index is 0.139. The number of halogens is 1. The Labute approximate surface area is 127 Å². The van der Waals surface area contributed by atoms with Crippen molar-refractivity contribution in [3.05, 3.63) is 58.8 Å². The molecule has 0 atom stereocenters. The number of hydrogen-bond donors (Lipinski definition) is 0. The summed E-state index contributed by atoms with van der Waals surface area (Å²) in [6.07, 6.45) is 1.89. The number of aromatic nitrogens is 2. The maximum atomic E-state index is 4.50. The lowest BCUT2D eigenvalue weighted by Crippen LogP contribution is -2.10. The Kier molecular flexibility index (Phi) is 3.17. The summed E-state index contributed by atoms with van der Waals surface area (Å²) in [5.41, 5.74) is 4.75. The zero-order chi connectivity index (χ0) is 14.3. The Morgan fingerprint density at radius 1 is 1.05 bits per heavy atom. The molecule has 0 fully saturated rings. The summed E-state index contributed by atoms with van der Waals surface area (Å²) in [7, 11) is 0. The van der Waals surface area contributed by atoms with Gasteiger partial charge in [-0.05, 0) is 41.3 Å². The minimum atomic E-state index is 0.139. The van der Waals surface area contributed by atoms with Crippen LogP contribution in [0.2, 0.25) is 0 Å². The van der Waals surface area contributed by atoms with Crippen LogP contribution in [0.5, 0.6) is 0 Å². The van der Waals surface area contributed by atoms with E-state index in [0.29, 0.717) is 0 Å². The Morgan fingerprint density at radius 3 is 2.55 bits per heavy atom. The number of fused-ring (bicyclic) bond motifs is 1. The molecular formula is C17H17BrN2. The van der Waals surface area contributed by atoms with Gasteiger partial charge in [0.25, 0.3) is 0 Å². The lowest BCUT2D eigenvalue weighted by molar-refractivity contribution is 0.591. The molecule has 102 valence electrons. The van der Waals surface area contributed by atoms with Gasteiger partial charge in [0.2, 0.25) is 0 Å². The van der Waals surface area contributed by atoms with Crippen LogP contribution in [-0.2, 0) is 5.41 Å². The van der Waals surface area contributed by atoms with Crippen LogP contribution in [-0.4, -0.2) is 9.55 Å². The van der Waals surface area contributed by atoms with Crippen LogP contribution in [0.1, 0.15) is 26.3 Å². The largest absolute Gasteiger partial charge is 0.299 e. The van der Waals surface area contributed by atoms with Crippen LogP contribution in [0, 0.1) is 0 Å². The lowest BCUT2D eigenvalue weighted by Gasteiger charge is -2.19. The predicted octanol–water partition coefficient (Wildman–Crippen LogP) is 5.09. The molecule has 0 saturated heterocycles. The average molecular weight is 329 g/mol. The van der Waals surface area contributed by atoms with Gasteiger partial charge in [0.05, 0.1) is 11.0 Å². The van der Waals surface area contributed by atoms with E-state index < -0.39 is 0 Å². The van der Waals surface area contributed by atoms with E-state index in [9.17, 15) is 0 Å². The van der Waals surface area contributed by atoms with Crippen molar-refractivity contribution in [2.45, 2.75) is 26.2 Å². The van der Waals surface area contributed by atoms with E-state index in [1.165, 1.54) is 5.56 Å². The van der Waals surface area contributed by atoms with Crippen molar-refractivity contribution in [3.63, 3.8) is 0 Å². The quantitative estimate of drug-likeness (QED) is 0.608. The molecule has 0 N–H and O–H groups in total. The first kappa shape index (κ1) is 13.4. The van der Waals surface area contributed by atoms with E-state index in [1.54, 1.807) is 0 Å². The molecule has 3 heteroatoms. The molecule has 0 aliphatic carbocycles. The fraction of sp³-hybridized carbons (Fsp3) is 0.235. The molecule has 0 bridgehead atoms. The highest BCUT2D eigenvalue weighted by Crippen LogP contribution is 2.27. The highest BCUT2D eigenvalue weighted by molar-refractivity contribution is 9.10. The first-order valence-corrected chi connectivity index (χ1v) is 7.48. The van der Waals surface area contributed by atoms with Gasteiger partial charge in [0.15, 0.2) is 0 Å². The fourth-order valence-electron chi connectivity index (χ4n) is 2.31. The molecular weight excluding hydrogens is 312 g/mol. The van der Waals surface area contributed by atoms with Gasteiger partial charge in [-0.25, -0.2) is 4.98 Å². The van der Waals surface area contributed by atoms with Gasteiger partial charge in [-0.2, -0.15) is 0 Å². The van der Waals surface area contributed by atoms with E-state index >= 15 is 0 Å². The second-order valence-corrected chi connectivity index (χ2v) is 6.96. The standard InChI is InChI=1S/C17H17BrN2/c1-17(2,3)12-7-8-15-16(9-12)20(11-19-15)14-6-4-5-13(18)10-14/h4-11H,1-3H3. The van der Waals surface area contributed by atoms with Gasteiger partial charge < -0.3 is 0 Å². The van der Waals surface area contributed by atoms with Crippen molar-refractivity contribution in [1.82, 2.24) is 9.55 Å². The molecule has 1 heterocycles. The van der Waals surface area contributed by atoms with Crippen molar-refractivity contribution in [2.24, 2.45) is 0 Å². The van der Waals surface area contributed by atoms with E-state index in [4.69, 9.17) is 0 Å². The number of benzene rings is 2. The van der Waals surface area contributed by atoms with Crippen LogP contribution >= 0.6 is 15.9 Å². The maximum absolute atomic E-state index is 4.50. The summed E-state index contributed by atoms with van der Waals surface area (Å²) in [6.45, 7) is 6.69. The normalized spacial score (nSPS) is 12.0. The Hall–Kier alpha value is -1.61. The summed E-state index contributed by atoms with van der Waals surface area (Å²) in [6, 6.07) is 14.8. The third-order valence-electron chi connectivity index (χ3n) is 3.50. The van der Waals surface area contributed by atoms with Crippen LogP contribution in [0.15, 0.2) is 53.3 Å². The maximum Gasteiger partial charge on any atom is 0.100 e. The van der Waals surface area contributed by atoms with Crippen molar-refractivity contribution >= 4 is 27.0 Å². The van der Waals surface area contributed by atoms with E-state index in [2.05, 4.69) is 76.6 Å². The van der Waals surface area contributed by atoms with Crippen molar-refractivity contribution in [1.29, 1.82) is 0 Å². The molecule has 0 saturated carbocycles. The second-order valence-electron chi connectivity index (χ2n) is 6.05. The van der Waals surface area contributed by atoms with E-state index in [0.717, 1.165) is 21.2 Å². The number of hydrogen-bond acceptors (Lipinski definition) is 1. The van der Waals surface area contributed by atoms with Crippen molar-refractivity contribution in [2.75, 3.05) is 0 Å². The molecule has 0 aliphatic heterocycles. The van der Waals surface area contributed by atoms with Crippen LogP contribution < -0.4 is 0 Å². The molecule has 0 spiro atoms. The zero-order valence-corrected chi connectivity index (χ0v) is 13.5. The predicted molar refractivity (Wildman–Crippen MR) is 87.5 cm³/mol. The highest BCUT2D eigenvalue weighted by atomic mass is 79.9. The molecule has 20 heavy (non-hydrogen) atoms. The SMILES string of the molecule is CC(C)(C)c1ccc2ncn(-c3cccc(Br)c3)c2c1. The number of imidazole rings is 1. The third-order valence-corrected chi connectivity index (χ3v) is 3.99. The van der Waals surface area contributed by atoms with Crippen LogP contribution in [0.3, 0.4) is 0 Å². The molecule has 1 aromatic heterocycles. The lowest BCUT2D eigenvalue weighted by atomic mass is 9.87. The molecule has 0 aliphatic rings. The molecule has 2 nitrogen and oxygen atoms in total. The Morgan fingerprint density at radius 2 is 1.85 bits per heavy atom. The van der Waals surface area contributed by atoms with E-state index in [1.807, 2.05) is 18.5 Å². The fourth-order valence-corrected chi connectivity index (χ4v) is 2.69. The molecule has 3 aromatic rings. The Bertz CT molecular complexity index is 766. The van der Waals surface area contributed by atoms with Gasteiger partial charge in [-0.15, -0.1) is 0 Å². The summed E-state index contributed by atoms with van der Waals surface area (Å²) in [5.74, 6) is 0. The van der Waals surface area contributed by atoms with Crippen molar-refractivity contribution < 1.29 is 0 Å². The van der Waals surface area contributed by atoms with Gasteiger partial charge in [-0.3, -0.25) is 4.57 Å². The van der Waals surface area contributed by atoms with Gasteiger partial charge in [-0.1, -0.05) is 48.8 Å². The summed E-state index contributed by atoms with van der Waals surface area (Å²) >= 11 is 3.52.